The standard InChI is InChI=1S/C15H17NO/c1-16-11-15(8-9-15)17-14-7-6-12-4-2-3-5-13(12)10-14/h2-7,10,16H,8-9,11H2,1H3. The van der Waals surface area contributed by atoms with E-state index in [0.29, 0.717) is 0 Å². The molecule has 2 aromatic rings. The monoisotopic (exact) mass is 227 g/mol. The van der Waals surface area contributed by atoms with Gasteiger partial charge >= 0.3 is 0 Å². The molecular weight excluding hydrogens is 210 g/mol. The van der Waals surface area contributed by atoms with Crippen LogP contribution in [0.15, 0.2) is 42.5 Å². The Labute approximate surface area is 102 Å². The van der Waals surface area contributed by atoms with Crippen LogP contribution in [-0.4, -0.2) is 19.2 Å². The van der Waals surface area contributed by atoms with Gasteiger partial charge in [-0.05, 0) is 42.8 Å². The zero-order chi connectivity index (χ0) is 11.7. The highest BCUT2D eigenvalue weighted by Gasteiger charge is 2.44. The Kier molecular flexibility index (Phi) is 2.52. The third kappa shape index (κ3) is 2.13. The Morgan fingerprint density at radius 3 is 2.59 bits per heavy atom. The molecule has 0 atom stereocenters. The summed E-state index contributed by atoms with van der Waals surface area (Å²) >= 11 is 0. The minimum Gasteiger partial charge on any atom is -0.486 e. The van der Waals surface area contributed by atoms with Crippen LogP contribution in [0.5, 0.6) is 5.75 Å². The predicted molar refractivity (Wildman–Crippen MR) is 70.5 cm³/mol. The molecule has 17 heavy (non-hydrogen) atoms. The Balaban J connectivity index is 1.86. The normalized spacial score (nSPS) is 17.0. The Morgan fingerprint density at radius 1 is 1.12 bits per heavy atom. The summed E-state index contributed by atoms with van der Waals surface area (Å²) in [5.74, 6) is 0.983. The molecule has 2 aromatic carbocycles. The van der Waals surface area contributed by atoms with Crippen LogP contribution in [0, 0.1) is 0 Å². The second kappa shape index (κ2) is 4.04. The number of nitrogens with one attached hydrogen (secondary N) is 1. The van der Waals surface area contributed by atoms with Gasteiger partial charge in [-0.1, -0.05) is 30.3 Å². The van der Waals surface area contributed by atoms with E-state index in [0.717, 1.165) is 25.1 Å². The van der Waals surface area contributed by atoms with E-state index in [4.69, 9.17) is 4.74 Å². The molecule has 1 N–H and O–H groups in total. The lowest BCUT2D eigenvalue weighted by Gasteiger charge is -2.17. The lowest BCUT2D eigenvalue weighted by Crippen LogP contribution is -2.31. The molecule has 0 aromatic heterocycles. The van der Waals surface area contributed by atoms with Crippen LogP contribution < -0.4 is 10.1 Å². The van der Waals surface area contributed by atoms with Gasteiger partial charge in [-0.15, -0.1) is 0 Å². The molecule has 1 fully saturated rings. The Hall–Kier alpha value is -1.54. The molecule has 2 nitrogen and oxygen atoms in total. The van der Waals surface area contributed by atoms with E-state index in [1.54, 1.807) is 0 Å². The van der Waals surface area contributed by atoms with Gasteiger partial charge < -0.3 is 10.1 Å². The molecule has 3 rings (SSSR count). The van der Waals surface area contributed by atoms with Gasteiger partial charge in [0.05, 0.1) is 0 Å². The Morgan fingerprint density at radius 2 is 1.88 bits per heavy atom. The summed E-state index contributed by atoms with van der Waals surface area (Å²) in [7, 11) is 1.98. The molecule has 0 unspecified atom stereocenters. The van der Waals surface area contributed by atoms with Gasteiger partial charge in [-0.3, -0.25) is 0 Å². The first-order valence-corrected chi connectivity index (χ1v) is 6.14. The van der Waals surface area contributed by atoms with Crippen molar-refractivity contribution in [1.82, 2.24) is 5.32 Å². The zero-order valence-electron chi connectivity index (χ0n) is 10.1. The first-order valence-electron chi connectivity index (χ1n) is 6.14. The molecule has 88 valence electrons. The van der Waals surface area contributed by atoms with Crippen molar-refractivity contribution in [2.24, 2.45) is 0 Å². The molecule has 0 heterocycles. The highest BCUT2D eigenvalue weighted by molar-refractivity contribution is 5.83. The summed E-state index contributed by atoms with van der Waals surface area (Å²) in [5, 5.41) is 5.71. The maximum Gasteiger partial charge on any atom is 0.122 e. The lowest BCUT2D eigenvalue weighted by molar-refractivity contribution is 0.179. The largest absolute Gasteiger partial charge is 0.486 e. The van der Waals surface area contributed by atoms with Gasteiger partial charge in [-0.2, -0.15) is 0 Å². The maximum absolute atomic E-state index is 6.10. The maximum atomic E-state index is 6.10. The van der Waals surface area contributed by atoms with Gasteiger partial charge in [0, 0.05) is 6.54 Å². The number of hydrogen-bond donors (Lipinski definition) is 1. The zero-order valence-corrected chi connectivity index (χ0v) is 10.1. The van der Waals surface area contributed by atoms with Crippen molar-refractivity contribution in [1.29, 1.82) is 0 Å². The highest BCUT2D eigenvalue weighted by atomic mass is 16.5. The number of ether oxygens (including phenoxy) is 1. The van der Waals surface area contributed by atoms with Crippen LogP contribution >= 0.6 is 0 Å². The molecular formula is C15H17NO. The third-order valence-electron chi connectivity index (χ3n) is 3.36. The topological polar surface area (TPSA) is 21.3 Å². The van der Waals surface area contributed by atoms with Crippen molar-refractivity contribution in [3.8, 4) is 5.75 Å². The summed E-state index contributed by atoms with van der Waals surface area (Å²) in [5.41, 5.74) is 0.0528. The quantitative estimate of drug-likeness (QED) is 0.867. The molecule has 1 aliphatic carbocycles. The van der Waals surface area contributed by atoms with Crippen LogP contribution in [0.25, 0.3) is 10.8 Å². The molecule has 0 saturated heterocycles. The SMILES string of the molecule is CNCC1(Oc2ccc3ccccc3c2)CC1. The number of hydrogen-bond acceptors (Lipinski definition) is 2. The number of likely N-dealkylation sites (N-methyl/N-ethyl adjacent to an activating group) is 1. The van der Waals surface area contributed by atoms with E-state index < -0.39 is 0 Å². The molecule has 1 saturated carbocycles. The minimum absolute atomic E-state index is 0.0528. The fourth-order valence-corrected chi connectivity index (χ4v) is 2.26. The molecule has 0 radical (unpaired) electrons. The fourth-order valence-electron chi connectivity index (χ4n) is 2.26. The van der Waals surface area contributed by atoms with Gasteiger partial charge in [0.25, 0.3) is 0 Å². The van der Waals surface area contributed by atoms with Crippen LogP contribution in [0.3, 0.4) is 0 Å². The van der Waals surface area contributed by atoms with Crippen molar-refractivity contribution in [3.63, 3.8) is 0 Å². The molecule has 0 aliphatic heterocycles. The number of fused-ring (bicyclic) bond motifs is 1. The average molecular weight is 227 g/mol. The summed E-state index contributed by atoms with van der Waals surface area (Å²) in [4.78, 5) is 0. The van der Waals surface area contributed by atoms with Crippen molar-refractivity contribution < 1.29 is 4.74 Å². The van der Waals surface area contributed by atoms with Crippen molar-refractivity contribution in [3.05, 3.63) is 42.5 Å². The van der Waals surface area contributed by atoms with E-state index >= 15 is 0 Å². The molecule has 0 bridgehead atoms. The first-order chi connectivity index (χ1) is 8.31. The molecule has 0 spiro atoms. The van der Waals surface area contributed by atoms with Gasteiger partial charge in [0.1, 0.15) is 11.4 Å². The van der Waals surface area contributed by atoms with E-state index in [9.17, 15) is 0 Å². The van der Waals surface area contributed by atoms with Crippen LogP contribution in [0.4, 0.5) is 0 Å². The summed E-state index contributed by atoms with van der Waals surface area (Å²) in [6.45, 7) is 0.930. The first kappa shape index (κ1) is 10.6. The van der Waals surface area contributed by atoms with Crippen LogP contribution in [0.2, 0.25) is 0 Å². The fraction of sp³-hybridized carbons (Fsp3) is 0.333. The second-order valence-corrected chi connectivity index (χ2v) is 4.82. The second-order valence-electron chi connectivity index (χ2n) is 4.82. The highest BCUT2D eigenvalue weighted by Crippen LogP contribution is 2.40. The van der Waals surface area contributed by atoms with E-state index in [2.05, 4.69) is 47.8 Å². The Bertz CT molecular complexity index is 531. The van der Waals surface area contributed by atoms with Crippen molar-refractivity contribution >= 4 is 10.8 Å². The minimum atomic E-state index is 0.0528. The van der Waals surface area contributed by atoms with Gasteiger partial charge in [0.15, 0.2) is 0 Å². The summed E-state index contributed by atoms with van der Waals surface area (Å²) in [6, 6.07) is 14.7. The number of rotatable bonds is 4. The van der Waals surface area contributed by atoms with Crippen LogP contribution in [-0.2, 0) is 0 Å². The van der Waals surface area contributed by atoms with Crippen LogP contribution in [0.1, 0.15) is 12.8 Å². The van der Waals surface area contributed by atoms with E-state index in [1.165, 1.54) is 10.8 Å². The smallest absolute Gasteiger partial charge is 0.122 e. The number of benzene rings is 2. The van der Waals surface area contributed by atoms with Crippen molar-refractivity contribution in [2.75, 3.05) is 13.6 Å². The molecule has 2 heteroatoms. The van der Waals surface area contributed by atoms with Gasteiger partial charge in [-0.25, -0.2) is 0 Å². The van der Waals surface area contributed by atoms with E-state index in [1.807, 2.05) is 7.05 Å². The average Bonchev–Trinajstić information content (AvgIpc) is 3.09. The van der Waals surface area contributed by atoms with E-state index in [-0.39, 0.29) is 5.60 Å². The molecule has 0 amide bonds. The third-order valence-corrected chi connectivity index (χ3v) is 3.36. The van der Waals surface area contributed by atoms with Gasteiger partial charge in [0.2, 0.25) is 0 Å². The van der Waals surface area contributed by atoms with Crippen molar-refractivity contribution in [2.45, 2.75) is 18.4 Å². The lowest BCUT2D eigenvalue weighted by atomic mass is 10.1. The molecule has 1 aliphatic rings. The predicted octanol–water partition coefficient (Wildman–Crippen LogP) is 2.97. The summed E-state index contributed by atoms with van der Waals surface area (Å²) in [6.07, 6.45) is 2.31. The summed E-state index contributed by atoms with van der Waals surface area (Å²) < 4.78 is 6.10.